The zero-order valence-corrected chi connectivity index (χ0v) is 20.7. The number of nitrogens with zero attached hydrogens (tertiary/aromatic N) is 5. The normalized spacial score (nSPS) is 11.1. The molecule has 0 saturated carbocycles. The first-order chi connectivity index (χ1) is 17.4. The number of alkyl halides is 2. The molecule has 186 valence electrons. The highest BCUT2D eigenvalue weighted by Gasteiger charge is 2.17. The number of anilines is 2. The summed E-state index contributed by atoms with van der Waals surface area (Å²) in [5, 5.41) is 9.01. The van der Waals surface area contributed by atoms with E-state index in [2.05, 4.69) is 34.2 Å². The topological polar surface area (TPSA) is 46.3 Å². The van der Waals surface area contributed by atoms with Gasteiger partial charge in [-0.3, -0.25) is 4.40 Å². The fourth-order valence-electron chi connectivity index (χ4n) is 4.17. The third-order valence-electron chi connectivity index (χ3n) is 5.92. The van der Waals surface area contributed by atoms with Crippen molar-refractivity contribution in [3.8, 4) is 11.1 Å². The average Bonchev–Trinajstić information content (AvgIpc) is 3.38. The van der Waals surface area contributed by atoms with Crippen molar-refractivity contribution in [1.29, 1.82) is 0 Å². The summed E-state index contributed by atoms with van der Waals surface area (Å²) in [5.74, 6) is 0.626. The van der Waals surface area contributed by atoms with Gasteiger partial charge >= 0.3 is 0 Å². The van der Waals surface area contributed by atoms with Crippen molar-refractivity contribution < 1.29 is 13.2 Å². The number of halogens is 3. The number of hydrogen-bond acceptors (Lipinski definition) is 4. The number of aryl methyl sites for hydroxylation is 1. The third-order valence-corrected chi connectivity index (χ3v) is 5.92. The highest BCUT2D eigenvalue weighted by Crippen LogP contribution is 2.34. The van der Waals surface area contributed by atoms with Crippen LogP contribution in [-0.4, -0.2) is 26.6 Å². The number of hydrogen-bond donors (Lipinski definition) is 0. The van der Waals surface area contributed by atoms with Crippen LogP contribution < -0.4 is 4.90 Å². The van der Waals surface area contributed by atoms with Crippen molar-refractivity contribution in [2.45, 2.75) is 40.0 Å². The van der Waals surface area contributed by atoms with E-state index < -0.39 is 12.2 Å². The van der Waals surface area contributed by atoms with Gasteiger partial charge in [0.05, 0.1) is 5.52 Å². The Kier molecular flexibility index (Phi) is 7.52. The molecule has 0 N–H and O–H groups in total. The van der Waals surface area contributed by atoms with Crippen LogP contribution in [0, 0.1) is 5.82 Å². The largest absolute Gasteiger partial charge is 0.329 e. The van der Waals surface area contributed by atoms with E-state index >= 15 is 0 Å². The molecule has 5 nitrogen and oxygen atoms in total. The molecule has 5 rings (SSSR count). The molecule has 0 atom stereocenters. The lowest BCUT2D eigenvalue weighted by molar-refractivity contribution is 0.151. The van der Waals surface area contributed by atoms with E-state index in [0.717, 1.165) is 23.7 Å². The summed E-state index contributed by atoms with van der Waals surface area (Å²) in [4.78, 5) is 6.49. The Hall–Kier alpha value is -3.94. The van der Waals surface area contributed by atoms with Gasteiger partial charge in [-0.05, 0) is 53.4 Å². The van der Waals surface area contributed by atoms with E-state index in [1.165, 1.54) is 29.8 Å². The van der Waals surface area contributed by atoms with E-state index in [0.29, 0.717) is 28.4 Å². The van der Waals surface area contributed by atoms with Crippen molar-refractivity contribution in [3.05, 3.63) is 83.9 Å². The first-order valence-corrected chi connectivity index (χ1v) is 12.0. The molecule has 5 aromatic rings. The Balaban J connectivity index is 0.00000148. The summed E-state index contributed by atoms with van der Waals surface area (Å²) in [5.41, 5.74) is 3.85. The Morgan fingerprint density at radius 1 is 0.944 bits per heavy atom. The van der Waals surface area contributed by atoms with Gasteiger partial charge in [0.2, 0.25) is 0 Å². The summed E-state index contributed by atoms with van der Waals surface area (Å²) in [6.45, 7) is 6.13. The molecule has 0 unspecified atom stereocenters. The van der Waals surface area contributed by atoms with E-state index in [-0.39, 0.29) is 5.56 Å². The molecule has 36 heavy (non-hydrogen) atoms. The maximum absolute atomic E-state index is 14.7. The lowest BCUT2D eigenvalue weighted by atomic mass is 10.0. The van der Waals surface area contributed by atoms with Crippen LogP contribution >= 0.6 is 0 Å². The van der Waals surface area contributed by atoms with E-state index in [9.17, 15) is 13.2 Å². The lowest BCUT2D eigenvalue weighted by Crippen LogP contribution is -2.13. The molecule has 0 aliphatic rings. The van der Waals surface area contributed by atoms with E-state index in [4.69, 9.17) is 0 Å². The Labute approximate surface area is 208 Å². The van der Waals surface area contributed by atoms with Crippen molar-refractivity contribution in [2.24, 2.45) is 0 Å². The third kappa shape index (κ3) is 4.89. The van der Waals surface area contributed by atoms with Gasteiger partial charge in [-0.25, -0.2) is 13.2 Å². The molecule has 2 heterocycles. The zero-order chi connectivity index (χ0) is 25.8. The first-order valence-electron chi connectivity index (χ1n) is 12.0. The fourth-order valence-corrected chi connectivity index (χ4v) is 4.17. The lowest BCUT2D eigenvalue weighted by Gasteiger charge is -2.22. The van der Waals surface area contributed by atoms with Crippen molar-refractivity contribution in [1.82, 2.24) is 19.6 Å². The van der Waals surface area contributed by atoms with Crippen LogP contribution in [0.3, 0.4) is 0 Å². The first kappa shape index (κ1) is 25.2. The Morgan fingerprint density at radius 2 is 1.69 bits per heavy atom. The van der Waals surface area contributed by atoms with Crippen LogP contribution in [0.4, 0.5) is 24.7 Å². The van der Waals surface area contributed by atoms with E-state index in [1.807, 2.05) is 37.4 Å². The van der Waals surface area contributed by atoms with Gasteiger partial charge in [-0.2, -0.15) is 4.98 Å². The van der Waals surface area contributed by atoms with Gasteiger partial charge in [-0.1, -0.05) is 57.5 Å². The Bertz CT molecular complexity index is 1480. The molecular formula is C28H28F3N5. The monoisotopic (exact) mass is 491 g/mol. The smallest absolute Gasteiger partial charge is 0.263 e. The molecular weight excluding hydrogens is 463 g/mol. The molecule has 0 radical (unpaired) electrons. The van der Waals surface area contributed by atoms with Crippen LogP contribution in [0.2, 0.25) is 0 Å². The standard InChI is InChI=1S/C26H22F3N5.C2H6/c1-3-4-16-5-10-22-23(11-16)34-15-30-32-26(34)31-25(22)33(2)21-13-19(12-20(27)14-21)17-6-8-18(9-7-17)24(28)29;1-2/h5-15,24H,3-4H2,1-2H3;1-2H3. The SMILES string of the molecule is CC.CCCc1ccc2c(N(C)c3cc(F)cc(-c4ccc(C(F)F)cc4)c3)nc3nncn3c2c1. The van der Waals surface area contributed by atoms with Crippen LogP contribution in [0.1, 0.15) is 44.7 Å². The number of fused-ring (bicyclic) bond motifs is 3. The summed E-state index contributed by atoms with van der Waals surface area (Å²) >= 11 is 0. The molecule has 0 aliphatic heterocycles. The van der Waals surface area contributed by atoms with Crippen LogP contribution in [-0.2, 0) is 6.42 Å². The van der Waals surface area contributed by atoms with Crippen LogP contribution in [0.15, 0.2) is 67.0 Å². The minimum atomic E-state index is -2.55. The number of benzene rings is 3. The van der Waals surface area contributed by atoms with Crippen molar-refractivity contribution in [2.75, 3.05) is 11.9 Å². The maximum atomic E-state index is 14.7. The number of rotatable bonds is 6. The second-order valence-corrected chi connectivity index (χ2v) is 8.22. The zero-order valence-electron chi connectivity index (χ0n) is 20.7. The molecule has 0 fully saturated rings. The van der Waals surface area contributed by atoms with Crippen molar-refractivity contribution >= 4 is 28.2 Å². The molecule has 0 bridgehead atoms. The summed E-state index contributed by atoms with van der Waals surface area (Å²) < 4.78 is 42.3. The molecule has 2 aromatic heterocycles. The van der Waals surface area contributed by atoms with Crippen LogP contribution in [0.5, 0.6) is 0 Å². The van der Waals surface area contributed by atoms with Gasteiger partial charge in [0, 0.05) is 23.7 Å². The predicted octanol–water partition coefficient (Wildman–Crippen LogP) is 7.77. The molecule has 0 amide bonds. The van der Waals surface area contributed by atoms with Gasteiger partial charge in [0.25, 0.3) is 12.2 Å². The average molecular weight is 492 g/mol. The van der Waals surface area contributed by atoms with Crippen LogP contribution in [0.25, 0.3) is 27.8 Å². The summed E-state index contributed by atoms with van der Waals surface area (Å²) in [6.07, 6.45) is 1.06. The van der Waals surface area contributed by atoms with Gasteiger partial charge < -0.3 is 4.90 Å². The molecule has 8 heteroatoms. The predicted molar refractivity (Wildman–Crippen MR) is 138 cm³/mol. The number of aromatic nitrogens is 4. The highest BCUT2D eigenvalue weighted by atomic mass is 19.3. The van der Waals surface area contributed by atoms with Gasteiger partial charge in [-0.15, -0.1) is 10.2 Å². The second-order valence-electron chi connectivity index (χ2n) is 8.22. The van der Waals surface area contributed by atoms with E-state index in [1.54, 1.807) is 23.4 Å². The molecule has 0 saturated heterocycles. The fraction of sp³-hybridized carbons (Fsp3) is 0.250. The highest BCUT2D eigenvalue weighted by molar-refractivity contribution is 5.94. The minimum Gasteiger partial charge on any atom is -0.329 e. The molecule has 0 aliphatic carbocycles. The summed E-state index contributed by atoms with van der Waals surface area (Å²) in [6, 6.07) is 16.7. The molecule has 3 aromatic carbocycles. The van der Waals surface area contributed by atoms with Gasteiger partial charge in [0.1, 0.15) is 18.0 Å². The maximum Gasteiger partial charge on any atom is 0.263 e. The molecule has 0 spiro atoms. The van der Waals surface area contributed by atoms with Crippen molar-refractivity contribution in [3.63, 3.8) is 0 Å². The minimum absolute atomic E-state index is 0.0720. The quantitative estimate of drug-likeness (QED) is 0.243. The second kappa shape index (κ2) is 10.8. The summed E-state index contributed by atoms with van der Waals surface area (Å²) in [7, 11) is 1.81. The van der Waals surface area contributed by atoms with Gasteiger partial charge in [0.15, 0.2) is 0 Å². The Morgan fingerprint density at radius 3 is 2.39 bits per heavy atom.